The molecule has 2 rings (SSSR count). The van der Waals surface area contributed by atoms with Crippen LogP contribution in [0.25, 0.3) is 0 Å². The van der Waals surface area contributed by atoms with E-state index in [4.69, 9.17) is 5.11 Å². The van der Waals surface area contributed by atoms with Gasteiger partial charge in [0.05, 0.1) is 6.61 Å². The van der Waals surface area contributed by atoms with E-state index in [0.717, 1.165) is 29.8 Å². The summed E-state index contributed by atoms with van der Waals surface area (Å²) in [5.74, 6) is -0.142. The summed E-state index contributed by atoms with van der Waals surface area (Å²) in [6, 6.07) is 14.7. The number of benzene rings is 2. The number of halogens is 1. The van der Waals surface area contributed by atoms with Crippen LogP contribution in [-0.2, 0) is 19.6 Å². The number of hydrogen-bond donors (Lipinski definition) is 2. The maximum atomic E-state index is 13.4. The van der Waals surface area contributed by atoms with E-state index in [1.165, 1.54) is 6.07 Å². The number of hydrogen-bond acceptors (Lipinski definition) is 2. The molecule has 2 aromatic rings. The average Bonchev–Trinajstić information content (AvgIpc) is 2.46. The van der Waals surface area contributed by atoms with E-state index < -0.39 is 0 Å². The van der Waals surface area contributed by atoms with Crippen molar-refractivity contribution in [3.63, 3.8) is 0 Å². The molecule has 0 saturated carbocycles. The zero-order valence-corrected chi connectivity index (χ0v) is 10.8. The van der Waals surface area contributed by atoms with Crippen LogP contribution in [-0.4, -0.2) is 11.7 Å². The second-order valence-corrected chi connectivity index (χ2v) is 4.49. The van der Waals surface area contributed by atoms with Gasteiger partial charge in [0.25, 0.3) is 0 Å². The summed E-state index contributed by atoms with van der Waals surface area (Å²) in [4.78, 5) is 0. The van der Waals surface area contributed by atoms with Crippen LogP contribution in [0.3, 0.4) is 0 Å². The van der Waals surface area contributed by atoms with Crippen molar-refractivity contribution in [2.24, 2.45) is 0 Å². The van der Waals surface area contributed by atoms with Gasteiger partial charge >= 0.3 is 0 Å². The first-order chi connectivity index (χ1) is 9.29. The van der Waals surface area contributed by atoms with E-state index in [1.54, 1.807) is 6.07 Å². The molecule has 0 aliphatic rings. The van der Waals surface area contributed by atoms with Crippen LogP contribution in [0.5, 0.6) is 0 Å². The summed E-state index contributed by atoms with van der Waals surface area (Å²) in [5.41, 5.74) is 2.81. The Morgan fingerprint density at radius 2 is 1.63 bits per heavy atom. The first-order valence-corrected chi connectivity index (χ1v) is 6.42. The number of rotatable bonds is 6. The monoisotopic (exact) mass is 259 g/mol. The third-order valence-corrected chi connectivity index (χ3v) is 3.06. The fraction of sp³-hybridized carbons (Fsp3) is 0.250. The molecule has 0 amide bonds. The second-order valence-electron chi connectivity index (χ2n) is 4.49. The largest absolute Gasteiger partial charge is 0.392 e. The van der Waals surface area contributed by atoms with Crippen molar-refractivity contribution >= 4 is 0 Å². The van der Waals surface area contributed by atoms with E-state index in [1.807, 2.05) is 36.4 Å². The molecule has 0 unspecified atom stereocenters. The van der Waals surface area contributed by atoms with Gasteiger partial charge in [-0.05, 0) is 35.7 Å². The van der Waals surface area contributed by atoms with Crippen LogP contribution in [0.1, 0.15) is 16.7 Å². The fourth-order valence-corrected chi connectivity index (χ4v) is 1.92. The van der Waals surface area contributed by atoms with Crippen molar-refractivity contribution in [3.05, 3.63) is 71.0 Å². The molecule has 19 heavy (non-hydrogen) atoms. The second kappa shape index (κ2) is 7.02. The van der Waals surface area contributed by atoms with Crippen LogP contribution < -0.4 is 5.32 Å². The van der Waals surface area contributed by atoms with E-state index in [0.29, 0.717) is 6.42 Å². The standard InChI is InChI=1S/C16H18FNO/c17-16-4-2-1-3-15(16)9-10-18-11-13-5-7-14(12-19)8-6-13/h1-8,18-19H,9-12H2. The van der Waals surface area contributed by atoms with Gasteiger partial charge in [0.15, 0.2) is 0 Å². The molecule has 0 bridgehead atoms. The maximum Gasteiger partial charge on any atom is 0.126 e. The molecule has 0 fully saturated rings. The fourth-order valence-electron chi connectivity index (χ4n) is 1.92. The van der Waals surface area contributed by atoms with Crippen molar-refractivity contribution in [2.45, 2.75) is 19.6 Å². The predicted molar refractivity (Wildman–Crippen MR) is 74.2 cm³/mol. The van der Waals surface area contributed by atoms with Gasteiger partial charge in [-0.1, -0.05) is 42.5 Å². The lowest BCUT2D eigenvalue weighted by molar-refractivity contribution is 0.282. The summed E-state index contributed by atoms with van der Waals surface area (Å²) in [6.45, 7) is 1.56. The summed E-state index contributed by atoms with van der Waals surface area (Å²) in [5, 5.41) is 12.2. The van der Waals surface area contributed by atoms with Crippen molar-refractivity contribution in [1.82, 2.24) is 5.32 Å². The van der Waals surface area contributed by atoms with Crippen LogP contribution >= 0.6 is 0 Å². The Hall–Kier alpha value is -1.71. The van der Waals surface area contributed by atoms with Crippen molar-refractivity contribution in [2.75, 3.05) is 6.54 Å². The van der Waals surface area contributed by atoms with E-state index in [2.05, 4.69) is 5.32 Å². The van der Waals surface area contributed by atoms with Crippen LogP contribution in [0, 0.1) is 5.82 Å². The molecule has 100 valence electrons. The smallest absolute Gasteiger partial charge is 0.126 e. The van der Waals surface area contributed by atoms with Crippen LogP contribution in [0.2, 0.25) is 0 Å². The third-order valence-electron chi connectivity index (χ3n) is 3.06. The molecule has 0 heterocycles. The van der Waals surface area contributed by atoms with Gasteiger partial charge in [0, 0.05) is 6.54 Å². The number of aliphatic hydroxyl groups excluding tert-OH is 1. The molecule has 2 aromatic carbocycles. The van der Waals surface area contributed by atoms with Gasteiger partial charge in [0.2, 0.25) is 0 Å². The molecule has 0 aliphatic heterocycles. The lowest BCUT2D eigenvalue weighted by atomic mass is 10.1. The van der Waals surface area contributed by atoms with Crippen LogP contribution in [0.4, 0.5) is 4.39 Å². The number of aliphatic hydroxyl groups is 1. The molecule has 3 heteroatoms. The first-order valence-electron chi connectivity index (χ1n) is 6.42. The highest BCUT2D eigenvalue weighted by Gasteiger charge is 2.00. The van der Waals surface area contributed by atoms with Crippen molar-refractivity contribution in [3.8, 4) is 0 Å². The molecule has 2 N–H and O–H groups in total. The molecular formula is C16H18FNO. The average molecular weight is 259 g/mol. The van der Waals surface area contributed by atoms with Gasteiger partial charge in [0.1, 0.15) is 5.82 Å². The molecule has 0 spiro atoms. The highest BCUT2D eigenvalue weighted by atomic mass is 19.1. The zero-order valence-electron chi connectivity index (χ0n) is 10.8. The maximum absolute atomic E-state index is 13.4. The van der Waals surface area contributed by atoms with Crippen LogP contribution in [0.15, 0.2) is 48.5 Å². The van der Waals surface area contributed by atoms with E-state index in [-0.39, 0.29) is 12.4 Å². The molecule has 0 aliphatic carbocycles. The Morgan fingerprint density at radius 1 is 0.947 bits per heavy atom. The highest BCUT2D eigenvalue weighted by molar-refractivity contribution is 5.22. The molecule has 0 radical (unpaired) electrons. The summed E-state index contributed by atoms with van der Waals surface area (Å²) < 4.78 is 13.4. The minimum Gasteiger partial charge on any atom is -0.392 e. The Kier molecular flexibility index (Phi) is 5.07. The Morgan fingerprint density at radius 3 is 2.32 bits per heavy atom. The van der Waals surface area contributed by atoms with Gasteiger partial charge in [-0.3, -0.25) is 0 Å². The van der Waals surface area contributed by atoms with Gasteiger partial charge in [-0.2, -0.15) is 0 Å². The number of nitrogens with one attached hydrogen (secondary N) is 1. The molecule has 0 atom stereocenters. The van der Waals surface area contributed by atoms with Crippen molar-refractivity contribution in [1.29, 1.82) is 0 Å². The van der Waals surface area contributed by atoms with E-state index >= 15 is 0 Å². The highest BCUT2D eigenvalue weighted by Crippen LogP contribution is 2.07. The topological polar surface area (TPSA) is 32.3 Å². The molecular weight excluding hydrogens is 241 g/mol. The quantitative estimate of drug-likeness (QED) is 0.782. The molecule has 2 nitrogen and oxygen atoms in total. The normalized spacial score (nSPS) is 10.6. The minimum absolute atomic E-state index is 0.0704. The predicted octanol–water partition coefficient (Wildman–Crippen LogP) is 2.65. The first kappa shape index (κ1) is 13.7. The van der Waals surface area contributed by atoms with Gasteiger partial charge in [-0.25, -0.2) is 4.39 Å². The Labute approximate surface area is 112 Å². The van der Waals surface area contributed by atoms with Crippen molar-refractivity contribution < 1.29 is 9.50 Å². The van der Waals surface area contributed by atoms with E-state index in [9.17, 15) is 4.39 Å². The SMILES string of the molecule is OCc1ccc(CNCCc2ccccc2F)cc1. The molecule has 0 saturated heterocycles. The minimum atomic E-state index is -0.142. The lowest BCUT2D eigenvalue weighted by Gasteiger charge is -2.06. The zero-order chi connectivity index (χ0) is 13.5. The lowest BCUT2D eigenvalue weighted by Crippen LogP contribution is -2.17. The summed E-state index contributed by atoms with van der Waals surface area (Å²) in [7, 11) is 0. The summed E-state index contributed by atoms with van der Waals surface area (Å²) >= 11 is 0. The van der Waals surface area contributed by atoms with Gasteiger partial charge in [-0.15, -0.1) is 0 Å². The third kappa shape index (κ3) is 4.16. The van der Waals surface area contributed by atoms with Gasteiger partial charge < -0.3 is 10.4 Å². The molecule has 0 aromatic heterocycles. The summed E-state index contributed by atoms with van der Waals surface area (Å²) in [6.07, 6.45) is 0.682. The Bertz CT molecular complexity index is 510. The Balaban J connectivity index is 1.76.